The van der Waals surface area contributed by atoms with E-state index in [2.05, 4.69) is 11.1 Å². The van der Waals surface area contributed by atoms with E-state index in [0.717, 1.165) is 11.1 Å². The molecule has 24 heavy (non-hydrogen) atoms. The Bertz CT molecular complexity index is 956. The maximum absolute atomic E-state index is 13.0. The van der Waals surface area contributed by atoms with E-state index < -0.39 is 0 Å². The van der Waals surface area contributed by atoms with Crippen LogP contribution in [0.25, 0.3) is 22.9 Å². The van der Waals surface area contributed by atoms with Crippen molar-refractivity contribution in [2.75, 3.05) is 0 Å². The van der Waals surface area contributed by atoms with Gasteiger partial charge in [-0.25, -0.2) is 9.37 Å². The first kappa shape index (κ1) is 16.7. The molecule has 118 valence electrons. The zero-order valence-corrected chi connectivity index (χ0v) is 14.5. The SMILES string of the molecule is N#C/C(=C/c1ccc(F)cc1)c1nc(-c2ccc(Cl)cc2Cl)cs1. The highest BCUT2D eigenvalue weighted by molar-refractivity contribution is 7.11. The molecule has 2 nitrogen and oxygen atoms in total. The molecule has 0 aliphatic rings. The zero-order valence-electron chi connectivity index (χ0n) is 12.1. The van der Waals surface area contributed by atoms with Crippen molar-refractivity contribution in [2.24, 2.45) is 0 Å². The van der Waals surface area contributed by atoms with Crippen LogP contribution >= 0.6 is 34.5 Å². The molecule has 0 aliphatic heterocycles. The van der Waals surface area contributed by atoms with Crippen LogP contribution in [0.15, 0.2) is 47.8 Å². The Morgan fingerprint density at radius 2 is 1.92 bits per heavy atom. The Morgan fingerprint density at radius 3 is 2.58 bits per heavy atom. The van der Waals surface area contributed by atoms with Crippen LogP contribution in [0.5, 0.6) is 0 Å². The smallest absolute Gasteiger partial charge is 0.134 e. The van der Waals surface area contributed by atoms with Gasteiger partial charge in [0.2, 0.25) is 0 Å². The summed E-state index contributed by atoms with van der Waals surface area (Å²) in [4.78, 5) is 4.48. The second-order valence-corrected chi connectivity index (χ2v) is 6.59. The van der Waals surface area contributed by atoms with Crippen molar-refractivity contribution in [3.8, 4) is 17.3 Å². The second-order valence-electron chi connectivity index (χ2n) is 4.88. The lowest BCUT2D eigenvalue weighted by molar-refractivity contribution is 0.628. The number of rotatable bonds is 3. The summed E-state index contributed by atoms with van der Waals surface area (Å²) in [6.45, 7) is 0. The van der Waals surface area contributed by atoms with Crippen LogP contribution in [0.4, 0.5) is 4.39 Å². The van der Waals surface area contributed by atoms with Crippen molar-refractivity contribution < 1.29 is 4.39 Å². The Labute approximate surface area is 152 Å². The summed E-state index contributed by atoms with van der Waals surface area (Å²) >= 11 is 13.4. The quantitative estimate of drug-likeness (QED) is 0.502. The summed E-state index contributed by atoms with van der Waals surface area (Å²) in [5.41, 5.74) is 2.57. The van der Waals surface area contributed by atoms with E-state index in [1.54, 1.807) is 36.4 Å². The molecule has 0 saturated carbocycles. The van der Waals surface area contributed by atoms with Gasteiger partial charge in [-0.15, -0.1) is 11.3 Å². The lowest BCUT2D eigenvalue weighted by Gasteiger charge is -2.01. The van der Waals surface area contributed by atoms with Gasteiger partial charge in [-0.3, -0.25) is 0 Å². The molecule has 0 radical (unpaired) electrons. The van der Waals surface area contributed by atoms with E-state index in [4.69, 9.17) is 23.2 Å². The van der Waals surface area contributed by atoms with Gasteiger partial charge in [0.25, 0.3) is 0 Å². The standard InChI is InChI=1S/C18H9Cl2FN2S/c19-13-3-6-15(16(20)8-13)17-10-24-18(23-17)12(9-22)7-11-1-4-14(21)5-2-11/h1-8,10H/b12-7-. The molecule has 0 fully saturated rings. The van der Waals surface area contributed by atoms with E-state index in [1.165, 1.54) is 23.5 Å². The van der Waals surface area contributed by atoms with Crippen LogP contribution in [-0.2, 0) is 0 Å². The minimum atomic E-state index is -0.320. The molecule has 0 atom stereocenters. The molecule has 0 bridgehead atoms. The molecule has 0 N–H and O–H groups in total. The molecule has 3 rings (SSSR count). The molecule has 0 saturated heterocycles. The average molecular weight is 375 g/mol. The predicted molar refractivity (Wildman–Crippen MR) is 97.5 cm³/mol. The lowest BCUT2D eigenvalue weighted by atomic mass is 10.1. The van der Waals surface area contributed by atoms with E-state index >= 15 is 0 Å². The fourth-order valence-corrected chi connectivity index (χ4v) is 3.38. The minimum Gasteiger partial charge on any atom is -0.235 e. The third-order valence-corrected chi connectivity index (χ3v) is 4.67. The number of aromatic nitrogens is 1. The van der Waals surface area contributed by atoms with Crippen LogP contribution < -0.4 is 0 Å². The van der Waals surface area contributed by atoms with Crippen molar-refractivity contribution in [1.29, 1.82) is 5.26 Å². The molecule has 0 aliphatic carbocycles. The molecule has 2 aromatic carbocycles. The first-order valence-electron chi connectivity index (χ1n) is 6.85. The number of hydrogen-bond donors (Lipinski definition) is 0. The second kappa shape index (κ2) is 7.14. The van der Waals surface area contributed by atoms with Gasteiger partial charge in [-0.2, -0.15) is 5.26 Å². The summed E-state index contributed by atoms with van der Waals surface area (Å²) in [5, 5.41) is 12.9. The van der Waals surface area contributed by atoms with Crippen LogP contribution in [-0.4, -0.2) is 4.98 Å². The largest absolute Gasteiger partial charge is 0.235 e. The maximum atomic E-state index is 13.0. The Hall–Kier alpha value is -2.19. The van der Waals surface area contributed by atoms with Gasteiger partial charge in [0.15, 0.2) is 0 Å². The maximum Gasteiger partial charge on any atom is 0.134 e. The number of allylic oxidation sites excluding steroid dienone is 1. The first-order valence-corrected chi connectivity index (χ1v) is 8.49. The van der Waals surface area contributed by atoms with E-state index in [9.17, 15) is 9.65 Å². The number of thiazole rings is 1. The summed E-state index contributed by atoms with van der Waals surface area (Å²) in [5.74, 6) is -0.320. The van der Waals surface area contributed by atoms with E-state index in [-0.39, 0.29) is 5.82 Å². The van der Waals surface area contributed by atoms with Crippen LogP contribution in [0.2, 0.25) is 10.0 Å². The van der Waals surface area contributed by atoms with Gasteiger partial charge in [0.05, 0.1) is 16.3 Å². The van der Waals surface area contributed by atoms with Gasteiger partial charge in [0, 0.05) is 16.0 Å². The Balaban J connectivity index is 1.96. The molecular formula is C18H9Cl2FN2S. The van der Waals surface area contributed by atoms with E-state index in [1.807, 2.05) is 5.38 Å². The predicted octanol–water partition coefficient (Wildman–Crippen LogP) is 6.32. The first-order chi connectivity index (χ1) is 11.6. The number of benzene rings is 2. The van der Waals surface area contributed by atoms with Crippen LogP contribution in [0.1, 0.15) is 10.6 Å². The highest BCUT2D eigenvalue weighted by atomic mass is 35.5. The molecule has 0 spiro atoms. The number of nitrogens with zero attached hydrogens (tertiary/aromatic N) is 2. The van der Waals surface area contributed by atoms with Crippen molar-refractivity contribution >= 4 is 46.2 Å². The van der Waals surface area contributed by atoms with Crippen molar-refractivity contribution in [1.82, 2.24) is 4.98 Å². The van der Waals surface area contributed by atoms with Gasteiger partial charge >= 0.3 is 0 Å². The molecule has 0 amide bonds. The fraction of sp³-hybridized carbons (Fsp3) is 0. The molecule has 3 aromatic rings. The van der Waals surface area contributed by atoms with Crippen molar-refractivity contribution in [3.05, 3.63) is 74.3 Å². The van der Waals surface area contributed by atoms with Gasteiger partial charge in [-0.1, -0.05) is 35.3 Å². The molecule has 1 aromatic heterocycles. The third kappa shape index (κ3) is 3.65. The Kier molecular flexibility index (Phi) is 4.96. The summed E-state index contributed by atoms with van der Waals surface area (Å²) in [6, 6.07) is 13.2. The van der Waals surface area contributed by atoms with Gasteiger partial charge < -0.3 is 0 Å². The van der Waals surface area contributed by atoms with E-state index in [0.29, 0.717) is 26.3 Å². The molecule has 1 heterocycles. The van der Waals surface area contributed by atoms with Crippen molar-refractivity contribution in [3.63, 3.8) is 0 Å². The summed E-state index contributed by atoms with van der Waals surface area (Å²) in [7, 11) is 0. The number of nitriles is 1. The topological polar surface area (TPSA) is 36.7 Å². The molecular weight excluding hydrogens is 366 g/mol. The van der Waals surface area contributed by atoms with Gasteiger partial charge in [-0.05, 0) is 42.0 Å². The number of hydrogen-bond acceptors (Lipinski definition) is 3. The van der Waals surface area contributed by atoms with Crippen LogP contribution in [0.3, 0.4) is 0 Å². The fourth-order valence-electron chi connectivity index (χ4n) is 2.09. The summed E-state index contributed by atoms with van der Waals surface area (Å²) < 4.78 is 13.0. The summed E-state index contributed by atoms with van der Waals surface area (Å²) in [6.07, 6.45) is 1.67. The third-order valence-electron chi connectivity index (χ3n) is 3.24. The van der Waals surface area contributed by atoms with Crippen LogP contribution in [0, 0.1) is 17.1 Å². The highest BCUT2D eigenvalue weighted by Gasteiger charge is 2.11. The van der Waals surface area contributed by atoms with Crippen molar-refractivity contribution in [2.45, 2.75) is 0 Å². The Morgan fingerprint density at radius 1 is 1.17 bits per heavy atom. The number of halogens is 3. The average Bonchev–Trinajstić information content (AvgIpc) is 3.04. The van der Waals surface area contributed by atoms with Gasteiger partial charge in [0.1, 0.15) is 16.9 Å². The molecule has 0 unspecified atom stereocenters. The molecule has 6 heteroatoms. The highest BCUT2D eigenvalue weighted by Crippen LogP contribution is 2.33. The lowest BCUT2D eigenvalue weighted by Crippen LogP contribution is -1.84. The minimum absolute atomic E-state index is 0.320. The monoisotopic (exact) mass is 374 g/mol. The zero-order chi connectivity index (χ0) is 17.1. The normalized spacial score (nSPS) is 11.3.